The minimum Gasteiger partial charge on any atom is -0.491 e. The predicted octanol–water partition coefficient (Wildman–Crippen LogP) is 5.18. The molecular formula is C23H22BrNO4. The van der Waals surface area contributed by atoms with Crippen LogP contribution in [0.4, 0.5) is 5.69 Å². The van der Waals surface area contributed by atoms with Crippen molar-refractivity contribution in [1.29, 1.82) is 0 Å². The van der Waals surface area contributed by atoms with Gasteiger partial charge in [0.1, 0.15) is 18.1 Å². The Balaban J connectivity index is 1.29. The molecule has 0 bridgehead atoms. The zero-order valence-electron chi connectivity index (χ0n) is 15.9. The van der Waals surface area contributed by atoms with Crippen LogP contribution < -0.4 is 14.8 Å². The third kappa shape index (κ3) is 5.08. The molecule has 1 fully saturated rings. The molecule has 0 spiro atoms. The standard InChI is InChI=1S/C23H22BrNO4/c24-23-20-6-2-1-4-16(20)7-12-21(23)29-15-22(26)25-17-8-10-18(11-9-17)28-14-19-5-3-13-27-19/h1-2,4,6-12,19H,3,5,13-15H2,(H,25,26)/t19-/m0/s1. The lowest BCUT2D eigenvalue weighted by Gasteiger charge is -2.12. The molecule has 1 aliphatic heterocycles. The summed E-state index contributed by atoms with van der Waals surface area (Å²) >= 11 is 3.57. The van der Waals surface area contributed by atoms with Gasteiger partial charge in [0.25, 0.3) is 5.91 Å². The fourth-order valence-electron chi connectivity index (χ4n) is 3.26. The van der Waals surface area contributed by atoms with Gasteiger partial charge in [-0.25, -0.2) is 0 Å². The fourth-order valence-corrected chi connectivity index (χ4v) is 3.87. The Morgan fingerprint density at radius 2 is 1.90 bits per heavy atom. The van der Waals surface area contributed by atoms with Crippen LogP contribution in [0.5, 0.6) is 11.5 Å². The number of hydrogen-bond acceptors (Lipinski definition) is 4. The second-order valence-electron chi connectivity index (χ2n) is 6.91. The first-order valence-electron chi connectivity index (χ1n) is 9.63. The van der Waals surface area contributed by atoms with E-state index in [1.165, 1.54) is 0 Å². The lowest BCUT2D eigenvalue weighted by Crippen LogP contribution is -2.20. The third-order valence-electron chi connectivity index (χ3n) is 4.78. The number of nitrogens with one attached hydrogen (secondary N) is 1. The second-order valence-corrected chi connectivity index (χ2v) is 7.70. The molecular weight excluding hydrogens is 434 g/mol. The Hall–Kier alpha value is -2.57. The van der Waals surface area contributed by atoms with E-state index < -0.39 is 0 Å². The summed E-state index contributed by atoms with van der Waals surface area (Å²) in [6.45, 7) is 1.30. The molecule has 4 rings (SSSR count). The molecule has 1 N–H and O–H groups in total. The second kappa shape index (κ2) is 9.29. The molecule has 1 amide bonds. The average Bonchev–Trinajstić information content (AvgIpc) is 3.27. The van der Waals surface area contributed by atoms with E-state index in [1.807, 2.05) is 60.7 Å². The third-order valence-corrected chi connectivity index (χ3v) is 5.60. The number of amides is 1. The molecule has 1 atom stereocenters. The van der Waals surface area contributed by atoms with Gasteiger partial charge >= 0.3 is 0 Å². The molecule has 0 radical (unpaired) electrons. The number of halogens is 1. The fraction of sp³-hybridized carbons (Fsp3) is 0.261. The maximum absolute atomic E-state index is 12.2. The Labute approximate surface area is 178 Å². The van der Waals surface area contributed by atoms with Gasteiger partial charge in [-0.1, -0.05) is 30.3 Å². The number of benzene rings is 3. The number of ether oxygens (including phenoxy) is 3. The molecule has 1 aliphatic rings. The van der Waals surface area contributed by atoms with Crippen LogP contribution in [0.15, 0.2) is 65.1 Å². The summed E-state index contributed by atoms with van der Waals surface area (Å²) in [5, 5.41) is 4.99. The normalized spacial score (nSPS) is 16.0. The molecule has 0 saturated carbocycles. The van der Waals surface area contributed by atoms with Crippen molar-refractivity contribution in [3.8, 4) is 11.5 Å². The van der Waals surface area contributed by atoms with Gasteiger partial charge in [0.05, 0.1) is 10.6 Å². The predicted molar refractivity (Wildman–Crippen MR) is 117 cm³/mol. The summed E-state index contributed by atoms with van der Waals surface area (Å²) in [5.74, 6) is 1.17. The van der Waals surface area contributed by atoms with Crippen molar-refractivity contribution < 1.29 is 19.0 Å². The van der Waals surface area contributed by atoms with E-state index >= 15 is 0 Å². The molecule has 1 saturated heterocycles. The van der Waals surface area contributed by atoms with Crippen LogP contribution in [0.2, 0.25) is 0 Å². The molecule has 3 aromatic rings. The Morgan fingerprint density at radius 3 is 2.69 bits per heavy atom. The van der Waals surface area contributed by atoms with Crippen molar-refractivity contribution in [3.05, 3.63) is 65.1 Å². The van der Waals surface area contributed by atoms with Crippen LogP contribution in [0.25, 0.3) is 10.8 Å². The molecule has 0 aliphatic carbocycles. The van der Waals surface area contributed by atoms with E-state index in [4.69, 9.17) is 14.2 Å². The first kappa shape index (κ1) is 19.7. The minimum absolute atomic E-state index is 0.0752. The molecule has 5 nitrogen and oxygen atoms in total. The zero-order valence-corrected chi connectivity index (χ0v) is 17.5. The summed E-state index contributed by atoms with van der Waals surface area (Å²) in [7, 11) is 0. The molecule has 0 aromatic heterocycles. The SMILES string of the molecule is O=C(COc1ccc2ccccc2c1Br)Nc1ccc(OC[C@@H]2CCCO2)cc1. The van der Waals surface area contributed by atoms with Crippen molar-refractivity contribution in [2.45, 2.75) is 18.9 Å². The molecule has 29 heavy (non-hydrogen) atoms. The maximum atomic E-state index is 12.2. The molecule has 3 aromatic carbocycles. The largest absolute Gasteiger partial charge is 0.491 e. The summed E-state index contributed by atoms with van der Waals surface area (Å²) in [6, 6.07) is 19.1. The molecule has 0 unspecified atom stereocenters. The van der Waals surface area contributed by atoms with E-state index in [-0.39, 0.29) is 18.6 Å². The molecule has 1 heterocycles. The molecule has 6 heteroatoms. The van der Waals surface area contributed by atoms with Gasteiger partial charge < -0.3 is 19.5 Å². The van der Waals surface area contributed by atoms with Crippen LogP contribution in [0, 0.1) is 0 Å². The Morgan fingerprint density at radius 1 is 1.07 bits per heavy atom. The number of fused-ring (bicyclic) bond motifs is 1. The van der Waals surface area contributed by atoms with E-state index in [0.29, 0.717) is 18.0 Å². The number of carbonyl (C=O) groups excluding carboxylic acids is 1. The van der Waals surface area contributed by atoms with Crippen LogP contribution in [0.3, 0.4) is 0 Å². The topological polar surface area (TPSA) is 56.8 Å². The smallest absolute Gasteiger partial charge is 0.262 e. The number of carbonyl (C=O) groups is 1. The minimum atomic E-state index is -0.224. The van der Waals surface area contributed by atoms with Crippen LogP contribution in [0.1, 0.15) is 12.8 Å². The van der Waals surface area contributed by atoms with Gasteiger partial charge in [0.15, 0.2) is 6.61 Å². The van der Waals surface area contributed by atoms with E-state index in [2.05, 4.69) is 21.2 Å². The van der Waals surface area contributed by atoms with Crippen molar-refractivity contribution in [2.75, 3.05) is 25.1 Å². The summed E-state index contributed by atoms with van der Waals surface area (Å²) in [5.41, 5.74) is 0.695. The van der Waals surface area contributed by atoms with Crippen molar-refractivity contribution in [3.63, 3.8) is 0 Å². The van der Waals surface area contributed by atoms with Gasteiger partial charge in [-0.2, -0.15) is 0 Å². The van der Waals surface area contributed by atoms with Gasteiger partial charge in [0, 0.05) is 12.3 Å². The first-order valence-corrected chi connectivity index (χ1v) is 10.4. The van der Waals surface area contributed by atoms with Gasteiger partial charge in [-0.15, -0.1) is 0 Å². The highest BCUT2D eigenvalue weighted by atomic mass is 79.9. The maximum Gasteiger partial charge on any atom is 0.262 e. The highest BCUT2D eigenvalue weighted by Gasteiger charge is 2.16. The average molecular weight is 456 g/mol. The monoisotopic (exact) mass is 455 g/mol. The van der Waals surface area contributed by atoms with Crippen molar-refractivity contribution >= 4 is 38.3 Å². The summed E-state index contributed by atoms with van der Waals surface area (Å²) in [6.07, 6.45) is 2.32. The quantitative estimate of drug-likeness (QED) is 0.533. The van der Waals surface area contributed by atoms with Crippen molar-refractivity contribution in [1.82, 2.24) is 0 Å². The van der Waals surface area contributed by atoms with Gasteiger partial charge in [0.2, 0.25) is 0 Å². The van der Waals surface area contributed by atoms with E-state index in [0.717, 1.165) is 40.4 Å². The Kier molecular flexibility index (Phi) is 6.32. The first-order chi connectivity index (χ1) is 14.2. The number of hydrogen-bond donors (Lipinski definition) is 1. The number of rotatable bonds is 7. The molecule has 150 valence electrons. The highest BCUT2D eigenvalue weighted by molar-refractivity contribution is 9.10. The number of anilines is 1. The highest BCUT2D eigenvalue weighted by Crippen LogP contribution is 2.33. The van der Waals surface area contributed by atoms with E-state index in [9.17, 15) is 4.79 Å². The van der Waals surface area contributed by atoms with Crippen LogP contribution >= 0.6 is 15.9 Å². The Bertz CT molecular complexity index is 984. The van der Waals surface area contributed by atoms with Crippen molar-refractivity contribution in [2.24, 2.45) is 0 Å². The summed E-state index contributed by atoms with van der Waals surface area (Å²) in [4.78, 5) is 12.2. The van der Waals surface area contributed by atoms with Crippen LogP contribution in [-0.2, 0) is 9.53 Å². The lowest BCUT2D eigenvalue weighted by molar-refractivity contribution is -0.118. The van der Waals surface area contributed by atoms with E-state index in [1.54, 1.807) is 0 Å². The van der Waals surface area contributed by atoms with Gasteiger partial charge in [-0.05, 0) is 69.9 Å². The lowest BCUT2D eigenvalue weighted by atomic mass is 10.1. The van der Waals surface area contributed by atoms with Gasteiger partial charge in [-0.3, -0.25) is 4.79 Å². The van der Waals surface area contributed by atoms with Crippen LogP contribution in [-0.4, -0.2) is 31.8 Å². The summed E-state index contributed by atoms with van der Waals surface area (Å²) < 4.78 is 17.8. The zero-order chi connectivity index (χ0) is 20.1.